The lowest BCUT2D eigenvalue weighted by Crippen LogP contribution is -2.26. The number of nitrogens with zero attached hydrogens (tertiary/aromatic N) is 1. The van der Waals surface area contributed by atoms with Gasteiger partial charge in [-0.15, -0.1) is 0 Å². The summed E-state index contributed by atoms with van der Waals surface area (Å²) in [7, 11) is 0. The van der Waals surface area contributed by atoms with Gasteiger partial charge in [0.2, 0.25) is 0 Å². The quantitative estimate of drug-likeness (QED) is 0.820. The van der Waals surface area contributed by atoms with Crippen LogP contribution in [0.4, 0.5) is 0 Å². The van der Waals surface area contributed by atoms with Crippen LogP contribution in [0.5, 0.6) is 0 Å². The fourth-order valence-corrected chi connectivity index (χ4v) is 3.27. The first-order chi connectivity index (χ1) is 9.31. The number of aromatic nitrogens is 1. The van der Waals surface area contributed by atoms with Gasteiger partial charge in [-0.05, 0) is 49.4 Å². The first kappa shape index (κ1) is 14.5. The molecule has 0 radical (unpaired) electrons. The molecule has 1 fully saturated rings. The zero-order valence-electron chi connectivity index (χ0n) is 12.5. The molecule has 1 aromatic rings. The van der Waals surface area contributed by atoms with Gasteiger partial charge in [0.1, 0.15) is 0 Å². The number of rotatable bonds is 6. The van der Waals surface area contributed by atoms with Crippen molar-refractivity contribution in [3.63, 3.8) is 0 Å². The summed E-state index contributed by atoms with van der Waals surface area (Å²) in [6, 6.07) is 2.72. The topological polar surface area (TPSA) is 24.9 Å². The lowest BCUT2D eigenvalue weighted by atomic mass is 9.83. The molecule has 1 aliphatic carbocycles. The average molecular weight is 260 g/mol. The summed E-state index contributed by atoms with van der Waals surface area (Å²) in [5.41, 5.74) is 2.78. The second kappa shape index (κ2) is 7.64. The van der Waals surface area contributed by atoms with Crippen molar-refractivity contribution in [1.82, 2.24) is 10.3 Å². The summed E-state index contributed by atoms with van der Waals surface area (Å²) in [4.78, 5) is 4.23. The molecule has 1 saturated carbocycles. The molecule has 106 valence electrons. The predicted molar refractivity (Wildman–Crippen MR) is 81.2 cm³/mol. The molecule has 0 aromatic carbocycles. The summed E-state index contributed by atoms with van der Waals surface area (Å²) in [5, 5.41) is 3.75. The molecular weight excluding hydrogens is 232 g/mol. The minimum absolute atomic E-state index is 0.519. The SMILES string of the molecule is CCCNC(CC1CCCCC1)c1ccncc1C. The molecule has 0 aliphatic heterocycles. The van der Waals surface area contributed by atoms with Crippen LogP contribution < -0.4 is 5.32 Å². The van der Waals surface area contributed by atoms with E-state index in [1.165, 1.54) is 56.1 Å². The number of aryl methyl sites for hydroxylation is 1. The Hall–Kier alpha value is -0.890. The van der Waals surface area contributed by atoms with Gasteiger partial charge in [-0.25, -0.2) is 0 Å². The van der Waals surface area contributed by atoms with Crippen molar-refractivity contribution in [3.8, 4) is 0 Å². The van der Waals surface area contributed by atoms with E-state index < -0.39 is 0 Å². The van der Waals surface area contributed by atoms with Gasteiger partial charge in [0.05, 0.1) is 0 Å². The minimum Gasteiger partial charge on any atom is -0.310 e. The van der Waals surface area contributed by atoms with Gasteiger partial charge in [-0.2, -0.15) is 0 Å². The second-order valence-electron chi connectivity index (χ2n) is 5.98. The smallest absolute Gasteiger partial charge is 0.0326 e. The van der Waals surface area contributed by atoms with Crippen LogP contribution in [0.15, 0.2) is 18.5 Å². The van der Waals surface area contributed by atoms with Crippen molar-refractivity contribution >= 4 is 0 Å². The van der Waals surface area contributed by atoms with Crippen LogP contribution in [-0.2, 0) is 0 Å². The Morgan fingerprint density at radius 2 is 2.11 bits per heavy atom. The van der Waals surface area contributed by atoms with Crippen molar-refractivity contribution in [3.05, 3.63) is 29.6 Å². The second-order valence-corrected chi connectivity index (χ2v) is 5.98. The van der Waals surface area contributed by atoms with Gasteiger partial charge >= 0.3 is 0 Å². The average Bonchev–Trinajstić information content (AvgIpc) is 2.45. The first-order valence-electron chi connectivity index (χ1n) is 7.95. The van der Waals surface area contributed by atoms with Crippen LogP contribution in [0.2, 0.25) is 0 Å². The molecule has 1 N–H and O–H groups in total. The Morgan fingerprint density at radius 1 is 1.32 bits per heavy atom. The zero-order chi connectivity index (χ0) is 13.5. The van der Waals surface area contributed by atoms with Gasteiger partial charge in [-0.1, -0.05) is 39.0 Å². The molecule has 0 saturated heterocycles. The van der Waals surface area contributed by atoms with Crippen molar-refractivity contribution in [2.45, 2.75) is 64.8 Å². The van der Waals surface area contributed by atoms with Crippen LogP contribution in [-0.4, -0.2) is 11.5 Å². The van der Waals surface area contributed by atoms with Gasteiger partial charge in [0.25, 0.3) is 0 Å². The van der Waals surface area contributed by atoms with Gasteiger partial charge < -0.3 is 5.32 Å². The van der Waals surface area contributed by atoms with E-state index in [-0.39, 0.29) is 0 Å². The third kappa shape index (κ3) is 4.31. The molecule has 0 spiro atoms. The van der Waals surface area contributed by atoms with E-state index in [2.05, 4.69) is 30.2 Å². The Labute approximate surface area is 118 Å². The number of hydrogen-bond acceptors (Lipinski definition) is 2. The lowest BCUT2D eigenvalue weighted by molar-refractivity contribution is 0.299. The van der Waals surface area contributed by atoms with Crippen LogP contribution in [0.25, 0.3) is 0 Å². The molecule has 1 heterocycles. The number of hydrogen-bond donors (Lipinski definition) is 1. The van der Waals surface area contributed by atoms with Crippen LogP contribution in [0.1, 0.15) is 69.0 Å². The molecule has 2 nitrogen and oxygen atoms in total. The molecule has 1 aromatic heterocycles. The fourth-order valence-electron chi connectivity index (χ4n) is 3.27. The molecule has 0 amide bonds. The zero-order valence-corrected chi connectivity index (χ0v) is 12.5. The molecule has 19 heavy (non-hydrogen) atoms. The maximum atomic E-state index is 4.23. The normalized spacial score (nSPS) is 18.4. The van der Waals surface area contributed by atoms with E-state index in [4.69, 9.17) is 0 Å². The molecule has 1 unspecified atom stereocenters. The largest absolute Gasteiger partial charge is 0.310 e. The van der Waals surface area contributed by atoms with Crippen LogP contribution in [0.3, 0.4) is 0 Å². The maximum Gasteiger partial charge on any atom is 0.0326 e. The predicted octanol–water partition coefficient (Wildman–Crippen LogP) is 4.40. The molecular formula is C17H28N2. The van der Waals surface area contributed by atoms with Crippen LogP contribution >= 0.6 is 0 Å². The van der Waals surface area contributed by atoms with E-state index in [1.54, 1.807) is 0 Å². The summed E-state index contributed by atoms with van der Waals surface area (Å²) < 4.78 is 0. The molecule has 2 rings (SSSR count). The summed E-state index contributed by atoms with van der Waals surface area (Å²) >= 11 is 0. The standard InChI is InChI=1S/C17H28N2/c1-3-10-19-17(12-15-7-5-4-6-8-15)16-9-11-18-13-14(16)2/h9,11,13,15,17,19H,3-8,10,12H2,1-2H3. The monoisotopic (exact) mass is 260 g/mol. The van der Waals surface area contributed by atoms with E-state index in [9.17, 15) is 0 Å². The highest BCUT2D eigenvalue weighted by Crippen LogP contribution is 2.32. The lowest BCUT2D eigenvalue weighted by Gasteiger charge is -2.28. The third-order valence-corrected chi connectivity index (χ3v) is 4.37. The number of pyridine rings is 1. The van der Waals surface area contributed by atoms with Crippen molar-refractivity contribution in [2.75, 3.05) is 6.54 Å². The maximum absolute atomic E-state index is 4.23. The van der Waals surface area contributed by atoms with Crippen molar-refractivity contribution < 1.29 is 0 Å². The Kier molecular flexibility index (Phi) is 5.84. The highest BCUT2D eigenvalue weighted by molar-refractivity contribution is 5.25. The molecule has 0 bridgehead atoms. The fraction of sp³-hybridized carbons (Fsp3) is 0.706. The first-order valence-corrected chi connectivity index (χ1v) is 7.95. The van der Waals surface area contributed by atoms with Crippen molar-refractivity contribution in [2.24, 2.45) is 5.92 Å². The molecule has 1 atom stereocenters. The van der Waals surface area contributed by atoms with E-state index >= 15 is 0 Å². The third-order valence-electron chi connectivity index (χ3n) is 4.37. The van der Waals surface area contributed by atoms with Crippen molar-refractivity contribution in [1.29, 1.82) is 0 Å². The Bertz CT molecular complexity index is 369. The number of nitrogens with one attached hydrogen (secondary N) is 1. The van der Waals surface area contributed by atoms with Crippen LogP contribution in [0, 0.1) is 12.8 Å². The Morgan fingerprint density at radius 3 is 2.79 bits per heavy atom. The highest BCUT2D eigenvalue weighted by atomic mass is 14.9. The van der Waals surface area contributed by atoms with Gasteiger partial charge in [0, 0.05) is 18.4 Å². The Balaban J connectivity index is 2.04. The molecule has 1 aliphatic rings. The summed E-state index contributed by atoms with van der Waals surface area (Å²) in [6.45, 7) is 5.53. The van der Waals surface area contributed by atoms with Gasteiger partial charge in [-0.3, -0.25) is 4.98 Å². The van der Waals surface area contributed by atoms with E-state index in [0.717, 1.165) is 12.5 Å². The summed E-state index contributed by atoms with van der Waals surface area (Å²) in [5.74, 6) is 0.913. The molecule has 2 heteroatoms. The van der Waals surface area contributed by atoms with E-state index in [1.807, 2.05) is 12.4 Å². The minimum atomic E-state index is 0.519. The summed E-state index contributed by atoms with van der Waals surface area (Å²) in [6.07, 6.45) is 13.6. The van der Waals surface area contributed by atoms with Gasteiger partial charge in [0.15, 0.2) is 0 Å². The van der Waals surface area contributed by atoms with E-state index in [0.29, 0.717) is 6.04 Å². The highest BCUT2D eigenvalue weighted by Gasteiger charge is 2.20.